The van der Waals surface area contributed by atoms with E-state index in [0.717, 1.165) is 0 Å². The summed E-state index contributed by atoms with van der Waals surface area (Å²) in [5.41, 5.74) is 2.44. The van der Waals surface area contributed by atoms with Gasteiger partial charge in [-0.05, 0) is 11.1 Å². The highest BCUT2D eigenvalue weighted by molar-refractivity contribution is 8.04. The van der Waals surface area contributed by atoms with E-state index in [9.17, 15) is 0 Å². The lowest BCUT2D eigenvalue weighted by Gasteiger charge is -2.49. The molecule has 1 saturated heterocycles. The summed E-state index contributed by atoms with van der Waals surface area (Å²) in [6.07, 6.45) is 0. The Hall–Kier alpha value is -0.630. The molecule has 0 radical (unpaired) electrons. The maximum absolute atomic E-state index is 6.54. The molecule has 3 rings (SSSR count). The number of hydrogen-bond acceptors (Lipinski definition) is 1. The molecule has 0 aromatic heterocycles. The molecule has 1 fully saturated rings. The van der Waals surface area contributed by atoms with Gasteiger partial charge >= 0.3 is 0 Å². The van der Waals surface area contributed by atoms with Crippen LogP contribution in [0.1, 0.15) is 11.1 Å². The van der Waals surface area contributed by atoms with Gasteiger partial charge in [-0.15, -0.1) is 35.0 Å². The van der Waals surface area contributed by atoms with E-state index in [0.29, 0.717) is 0 Å². The summed E-state index contributed by atoms with van der Waals surface area (Å²) in [4.78, 5) is 0. The molecular weight excluding hydrogens is 283 g/mol. The van der Waals surface area contributed by atoms with E-state index in [1.54, 1.807) is 11.8 Å². The fraction of sp³-hybridized carbons (Fsp3) is 0.200. The molecule has 0 spiro atoms. The predicted octanol–water partition coefficient (Wildman–Crippen LogP) is 4.85. The van der Waals surface area contributed by atoms with Crippen LogP contribution in [0, 0.1) is 0 Å². The maximum Gasteiger partial charge on any atom is 0.0985 e. The standard InChI is InChI=1S/C15H12Cl2S/c16-13-14(17)18-15(13,11-7-3-1-4-8-11)12-9-5-2-6-10-12/h1-10,13-14H/t13-,14+/m1/s1. The third-order valence-electron chi connectivity index (χ3n) is 3.32. The number of halogens is 2. The van der Waals surface area contributed by atoms with Crippen LogP contribution in [0.4, 0.5) is 0 Å². The average molecular weight is 295 g/mol. The van der Waals surface area contributed by atoms with Gasteiger partial charge in [0.1, 0.15) is 0 Å². The van der Waals surface area contributed by atoms with Crippen molar-refractivity contribution in [1.29, 1.82) is 0 Å². The van der Waals surface area contributed by atoms with Crippen LogP contribution in [0.15, 0.2) is 60.7 Å². The van der Waals surface area contributed by atoms with E-state index in [2.05, 4.69) is 24.3 Å². The molecule has 1 heterocycles. The molecule has 0 N–H and O–H groups in total. The summed E-state index contributed by atoms with van der Waals surface area (Å²) in [6.45, 7) is 0. The highest BCUT2D eigenvalue weighted by atomic mass is 35.5. The summed E-state index contributed by atoms with van der Waals surface area (Å²) in [7, 11) is 0. The van der Waals surface area contributed by atoms with Gasteiger partial charge < -0.3 is 0 Å². The molecule has 0 aliphatic carbocycles. The Morgan fingerprint density at radius 2 is 1.22 bits per heavy atom. The Morgan fingerprint density at radius 3 is 1.56 bits per heavy atom. The molecule has 18 heavy (non-hydrogen) atoms. The summed E-state index contributed by atoms with van der Waals surface area (Å²) in [6, 6.07) is 20.7. The quantitative estimate of drug-likeness (QED) is 0.714. The van der Waals surface area contributed by atoms with Crippen molar-refractivity contribution >= 4 is 35.0 Å². The molecule has 2 aromatic rings. The highest BCUT2D eigenvalue weighted by Gasteiger charge is 2.55. The molecule has 0 amide bonds. The predicted molar refractivity (Wildman–Crippen MR) is 80.5 cm³/mol. The Bertz CT molecular complexity index is 487. The molecule has 92 valence electrons. The van der Waals surface area contributed by atoms with E-state index in [1.165, 1.54) is 11.1 Å². The number of alkyl halides is 2. The molecule has 2 aromatic carbocycles. The van der Waals surface area contributed by atoms with Gasteiger partial charge in [-0.3, -0.25) is 0 Å². The fourth-order valence-corrected chi connectivity index (χ4v) is 4.92. The van der Waals surface area contributed by atoms with Crippen LogP contribution in [-0.2, 0) is 4.75 Å². The molecule has 1 aliphatic rings. The summed E-state index contributed by atoms with van der Waals surface area (Å²) < 4.78 is -0.247. The number of rotatable bonds is 2. The molecule has 0 nitrogen and oxygen atoms in total. The highest BCUT2D eigenvalue weighted by Crippen LogP contribution is 2.61. The maximum atomic E-state index is 6.54. The number of thioether (sulfide) groups is 1. The minimum atomic E-state index is -0.212. The molecule has 0 bridgehead atoms. The van der Waals surface area contributed by atoms with Crippen molar-refractivity contribution in [2.75, 3.05) is 0 Å². The lowest BCUT2D eigenvalue weighted by atomic mass is 9.86. The number of hydrogen-bond donors (Lipinski definition) is 0. The summed E-state index contributed by atoms with van der Waals surface area (Å²) in [5, 5.41) is -0.0889. The second-order valence-electron chi connectivity index (χ2n) is 4.34. The first-order valence-electron chi connectivity index (χ1n) is 5.82. The Morgan fingerprint density at radius 1 is 0.778 bits per heavy atom. The zero-order valence-corrected chi connectivity index (χ0v) is 11.9. The van der Waals surface area contributed by atoms with Crippen molar-refractivity contribution in [1.82, 2.24) is 0 Å². The third kappa shape index (κ3) is 1.77. The van der Waals surface area contributed by atoms with Gasteiger partial charge in [-0.25, -0.2) is 0 Å². The van der Waals surface area contributed by atoms with E-state index in [4.69, 9.17) is 23.2 Å². The van der Waals surface area contributed by atoms with Gasteiger partial charge in [0.25, 0.3) is 0 Å². The zero-order chi connectivity index (χ0) is 12.6. The van der Waals surface area contributed by atoms with Crippen molar-refractivity contribution < 1.29 is 0 Å². The molecule has 0 saturated carbocycles. The lowest BCUT2D eigenvalue weighted by Crippen LogP contribution is -2.49. The first-order valence-corrected chi connectivity index (χ1v) is 7.57. The van der Waals surface area contributed by atoms with Crippen molar-refractivity contribution in [2.45, 2.75) is 14.8 Å². The van der Waals surface area contributed by atoms with Gasteiger partial charge in [-0.1, -0.05) is 60.7 Å². The van der Waals surface area contributed by atoms with Gasteiger partial charge in [0.15, 0.2) is 0 Å². The van der Waals surface area contributed by atoms with Crippen molar-refractivity contribution in [3.05, 3.63) is 71.8 Å². The monoisotopic (exact) mass is 294 g/mol. The normalized spacial score (nSPS) is 25.4. The second kappa shape index (κ2) is 4.80. The molecule has 1 aliphatic heterocycles. The minimum Gasteiger partial charge on any atom is -0.122 e. The Kier molecular flexibility index (Phi) is 3.31. The molecule has 2 atom stereocenters. The van der Waals surface area contributed by atoms with Crippen LogP contribution >= 0.6 is 35.0 Å². The minimum absolute atomic E-state index is 0.0351. The fourth-order valence-electron chi connectivity index (χ4n) is 2.41. The number of benzene rings is 2. The van der Waals surface area contributed by atoms with Crippen molar-refractivity contribution in [3.8, 4) is 0 Å². The van der Waals surface area contributed by atoms with Gasteiger partial charge in [-0.2, -0.15) is 0 Å². The van der Waals surface area contributed by atoms with E-state index in [1.807, 2.05) is 36.4 Å². The Labute approximate surface area is 121 Å². The molecular formula is C15H12Cl2S. The lowest BCUT2D eigenvalue weighted by molar-refractivity contribution is 0.656. The van der Waals surface area contributed by atoms with E-state index < -0.39 is 0 Å². The SMILES string of the molecule is Cl[C@@H]1[C@@H](Cl)SC1(c1ccccc1)c1ccccc1. The van der Waals surface area contributed by atoms with Crippen molar-refractivity contribution in [2.24, 2.45) is 0 Å². The smallest absolute Gasteiger partial charge is 0.0985 e. The van der Waals surface area contributed by atoms with Crippen LogP contribution in [0.3, 0.4) is 0 Å². The van der Waals surface area contributed by atoms with Crippen LogP contribution in [0.2, 0.25) is 0 Å². The van der Waals surface area contributed by atoms with Crippen LogP contribution in [0.5, 0.6) is 0 Å². The van der Waals surface area contributed by atoms with Crippen molar-refractivity contribution in [3.63, 3.8) is 0 Å². The van der Waals surface area contributed by atoms with Gasteiger partial charge in [0.2, 0.25) is 0 Å². The van der Waals surface area contributed by atoms with E-state index >= 15 is 0 Å². The van der Waals surface area contributed by atoms with Crippen LogP contribution in [0.25, 0.3) is 0 Å². The average Bonchev–Trinajstić information content (AvgIpc) is 2.46. The third-order valence-corrected chi connectivity index (χ3v) is 6.42. The van der Waals surface area contributed by atoms with Gasteiger partial charge in [0.05, 0.1) is 14.8 Å². The Balaban J connectivity index is 2.12. The van der Waals surface area contributed by atoms with Gasteiger partial charge in [0, 0.05) is 0 Å². The van der Waals surface area contributed by atoms with Crippen LogP contribution in [-0.4, -0.2) is 10.1 Å². The first kappa shape index (κ1) is 12.4. The van der Waals surface area contributed by atoms with Crippen LogP contribution < -0.4 is 0 Å². The summed E-state index contributed by atoms with van der Waals surface area (Å²) >= 11 is 14.5. The summed E-state index contributed by atoms with van der Waals surface area (Å²) in [5.74, 6) is 0. The zero-order valence-electron chi connectivity index (χ0n) is 9.59. The van der Waals surface area contributed by atoms with E-state index in [-0.39, 0.29) is 14.8 Å². The molecule has 0 unspecified atom stereocenters. The topological polar surface area (TPSA) is 0 Å². The second-order valence-corrected chi connectivity index (χ2v) is 6.93. The first-order chi connectivity index (χ1) is 8.75. The molecule has 3 heteroatoms. The largest absolute Gasteiger partial charge is 0.122 e.